The van der Waals surface area contributed by atoms with Gasteiger partial charge < -0.3 is 9.84 Å². The number of aliphatic hydroxyl groups is 1. The van der Waals surface area contributed by atoms with Crippen molar-refractivity contribution in [1.29, 1.82) is 0 Å². The van der Waals surface area contributed by atoms with Crippen LogP contribution in [0.25, 0.3) is 5.76 Å². The van der Waals surface area contributed by atoms with Gasteiger partial charge in [0.2, 0.25) is 0 Å². The first-order chi connectivity index (χ1) is 15.3. The summed E-state index contributed by atoms with van der Waals surface area (Å²) in [5, 5.41) is 13.0. The van der Waals surface area contributed by atoms with Crippen molar-refractivity contribution in [3.05, 3.63) is 86.6 Å². The standard InChI is InChI=1S/C23H16ClF2NO4S/c1-2-31-13-6-7-15(24)14(11-13)21(28)19-20(18-4-3-9-32-18)27(23(30)22(19)29)12-5-8-16(25)17(26)10-12/h3-11,20,28H,2H2,1H3/b21-19-. The van der Waals surface area contributed by atoms with Crippen molar-refractivity contribution in [1.82, 2.24) is 0 Å². The van der Waals surface area contributed by atoms with Gasteiger partial charge in [0.15, 0.2) is 11.6 Å². The number of Topliss-reactive ketones (excluding diaryl/α,β-unsaturated/α-hetero) is 1. The van der Waals surface area contributed by atoms with Gasteiger partial charge in [0.05, 0.1) is 17.2 Å². The second kappa shape index (κ2) is 8.72. The average Bonchev–Trinajstić information content (AvgIpc) is 3.38. The van der Waals surface area contributed by atoms with E-state index in [1.54, 1.807) is 30.5 Å². The van der Waals surface area contributed by atoms with Crippen molar-refractivity contribution in [2.24, 2.45) is 0 Å². The number of anilines is 1. The molecule has 0 spiro atoms. The fraction of sp³-hybridized carbons (Fsp3) is 0.130. The van der Waals surface area contributed by atoms with Gasteiger partial charge >= 0.3 is 0 Å². The number of rotatable bonds is 5. The van der Waals surface area contributed by atoms with E-state index in [1.807, 2.05) is 0 Å². The Kier molecular flexibility index (Phi) is 5.99. The highest BCUT2D eigenvalue weighted by atomic mass is 35.5. The lowest BCUT2D eigenvalue weighted by molar-refractivity contribution is -0.132. The lowest BCUT2D eigenvalue weighted by Gasteiger charge is -2.24. The van der Waals surface area contributed by atoms with Crippen LogP contribution in [0, 0.1) is 11.6 Å². The second-order valence-corrected chi connectivity index (χ2v) is 8.24. The molecule has 1 aliphatic heterocycles. The molecule has 4 rings (SSSR count). The molecule has 1 fully saturated rings. The number of nitrogens with zero attached hydrogens (tertiary/aromatic N) is 1. The van der Waals surface area contributed by atoms with Crippen LogP contribution in [0.3, 0.4) is 0 Å². The molecule has 1 N–H and O–H groups in total. The molecule has 32 heavy (non-hydrogen) atoms. The number of halogens is 3. The second-order valence-electron chi connectivity index (χ2n) is 6.86. The largest absolute Gasteiger partial charge is 0.507 e. The van der Waals surface area contributed by atoms with E-state index in [4.69, 9.17) is 16.3 Å². The Labute approximate surface area is 191 Å². The summed E-state index contributed by atoms with van der Waals surface area (Å²) in [5.74, 6) is -4.27. The molecule has 0 radical (unpaired) electrons. The lowest BCUT2D eigenvalue weighted by atomic mass is 9.99. The molecule has 1 unspecified atom stereocenters. The quantitative estimate of drug-likeness (QED) is 0.292. The molecule has 1 saturated heterocycles. The van der Waals surface area contributed by atoms with E-state index in [-0.39, 0.29) is 21.8 Å². The number of ether oxygens (including phenoxy) is 1. The zero-order valence-corrected chi connectivity index (χ0v) is 18.2. The summed E-state index contributed by atoms with van der Waals surface area (Å²) in [6, 6.07) is 9.85. The van der Waals surface area contributed by atoms with Crippen molar-refractivity contribution in [3.63, 3.8) is 0 Å². The molecule has 1 amide bonds. The number of carbonyl (C=O) groups excluding carboxylic acids is 2. The molecule has 9 heteroatoms. The van der Waals surface area contributed by atoms with Crippen LogP contribution in [0.2, 0.25) is 5.02 Å². The summed E-state index contributed by atoms with van der Waals surface area (Å²) in [7, 11) is 0. The van der Waals surface area contributed by atoms with Crippen LogP contribution in [0.4, 0.5) is 14.5 Å². The number of hydrogen-bond acceptors (Lipinski definition) is 5. The maximum absolute atomic E-state index is 13.9. The zero-order chi connectivity index (χ0) is 23.0. The molecule has 0 saturated carbocycles. The molecule has 5 nitrogen and oxygen atoms in total. The van der Waals surface area contributed by atoms with Gasteiger partial charge in [-0.05, 0) is 48.7 Å². The van der Waals surface area contributed by atoms with E-state index in [2.05, 4.69) is 0 Å². The Morgan fingerprint density at radius 2 is 1.94 bits per heavy atom. The monoisotopic (exact) mass is 475 g/mol. The van der Waals surface area contributed by atoms with Crippen molar-refractivity contribution in [2.75, 3.05) is 11.5 Å². The van der Waals surface area contributed by atoms with Gasteiger partial charge in [-0.25, -0.2) is 8.78 Å². The summed E-state index contributed by atoms with van der Waals surface area (Å²) >= 11 is 7.51. The minimum Gasteiger partial charge on any atom is -0.507 e. The van der Waals surface area contributed by atoms with Crippen LogP contribution >= 0.6 is 22.9 Å². The molecule has 164 valence electrons. The number of benzene rings is 2. The average molecular weight is 476 g/mol. The Morgan fingerprint density at radius 1 is 1.16 bits per heavy atom. The number of aliphatic hydroxyl groups excluding tert-OH is 1. The molecule has 0 aliphatic carbocycles. The molecule has 1 atom stereocenters. The van der Waals surface area contributed by atoms with Crippen molar-refractivity contribution in [3.8, 4) is 5.75 Å². The van der Waals surface area contributed by atoms with Gasteiger partial charge in [-0.1, -0.05) is 17.7 Å². The summed E-state index contributed by atoms with van der Waals surface area (Å²) < 4.78 is 32.9. The topological polar surface area (TPSA) is 66.8 Å². The van der Waals surface area contributed by atoms with Gasteiger partial charge in [0, 0.05) is 22.2 Å². The van der Waals surface area contributed by atoms with E-state index >= 15 is 0 Å². The number of ketones is 1. The zero-order valence-electron chi connectivity index (χ0n) is 16.6. The van der Waals surface area contributed by atoms with Gasteiger partial charge in [-0.3, -0.25) is 14.5 Å². The van der Waals surface area contributed by atoms with Crippen LogP contribution in [-0.4, -0.2) is 23.4 Å². The Morgan fingerprint density at radius 3 is 2.59 bits per heavy atom. The van der Waals surface area contributed by atoms with Crippen LogP contribution in [-0.2, 0) is 9.59 Å². The number of thiophene rings is 1. The molecule has 1 aliphatic rings. The molecule has 3 aromatic rings. The van der Waals surface area contributed by atoms with Gasteiger partial charge in [0.1, 0.15) is 17.6 Å². The summed E-state index contributed by atoms with van der Waals surface area (Å²) in [6.07, 6.45) is 0. The van der Waals surface area contributed by atoms with E-state index in [9.17, 15) is 23.5 Å². The maximum Gasteiger partial charge on any atom is 0.300 e. The summed E-state index contributed by atoms with van der Waals surface area (Å²) in [6.45, 7) is 2.16. The third-order valence-electron chi connectivity index (χ3n) is 4.94. The van der Waals surface area contributed by atoms with Gasteiger partial charge in [0.25, 0.3) is 11.7 Å². The predicted molar refractivity (Wildman–Crippen MR) is 118 cm³/mol. The van der Waals surface area contributed by atoms with Crippen LogP contribution in [0.5, 0.6) is 5.75 Å². The smallest absolute Gasteiger partial charge is 0.300 e. The fourth-order valence-corrected chi connectivity index (χ4v) is 4.57. The van der Waals surface area contributed by atoms with Crippen LogP contribution < -0.4 is 9.64 Å². The SMILES string of the molecule is CCOc1ccc(Cl)c(/C(O)=C2/C(=O)C(=O)N(c3ccc(F)c(F)c3)C2c2cccs2)c1. The van der Waals surface area contributed by atoms with E-state index in [0.29, 0.717) is 17.2 Å². The highest BCUT2D eigenvalue weighted by Gasteiger charge is 2.47. The maximum atomic E-state index is 13.9. The third kappa shape index (κ3) is 3.76. The van der Waals surface area contributed by atoms with Crippen LogP contribution in [0.15, 0.2) is 59.5 Å². The first-order valence-corrected chi connectivity index (χ1v) is 10.8. The number of hydrogen-bond donors (Lipinski definition) is 1. The Balaban J connectivity index is 1.93. The van der Waals surface area contributed by atoms with E-state index in [0.717, 1.165) is 17.0 Å². The van der Waals surface area contributed by atoms with Crippen LogP contribution in [0.1, 0.15) is 23.4 Å². The first kappa shape index (κ1) is 22.0. The first-order valence-electron chi connectivity index (χ1n) is 9.55. The van der Waals surface area contributed by atoms with Crippen molar-refractivity contribution in [2.45, 2.75) is 13.0 Å². The minimum atomic E-state index is -1.17. The van der Waals surface area contributed by atoms with Gasteiger partial charge in [-0.2, -0.15) is 0 Å². The van der Waals surface area contributed by atoms with Crippen molar-refractivity contribution >= 4 is 46.1 Å². The van der Waals surface area contributed by atoms with E-state index in [1.165, 1.54) is 29.5 Å². The molecule has 1 aromatic heterocycles. The minimum absolute atomic E-state index is 0.0161. The molecular weight excluding hydrogens is 460 g/mol. The van der Waals surface area contributed by atoms with E-state index < -0.39 is 35.1 Å². The third-order valence-corrected chi connectivity index (χ3v) is 6.20. The Hall–Kier alpha value is -3.23. The van der Waals surface area contributed by atoms with Crippen molar-refractivity contribution < 1.29 is 28.2 Å². The summed E-state index contributed by atoms with van der Waals surface area (Å²) in [5.41, 5.74) is -0.113. The van der Waals surface area contributed by atoms with Gasteiger partial charge in [-0.15, -0.1) is 11.3 Å². The molecular formula is C23H16ClF2NO4S. The lowest BCUT2D eigenvalue weighted by Crippen LogP contribution is -2.29. The molecule has 0 bridgehead atoms. The molecule has 2 aromatic carbocycles. The number of amides is 1. The normalized spacial score (nSPS) is 17.8. The predicted octanol–water partition coefficient (Wildman–Crippen LogP) is 5.70. The highest BCUT2D eigenvalue weighted by Crippen LogP contribution is 2.44. The highest BCUT2D eigenvalue weighted by molar-refractivity contribution is 7.10. The molecule has 2 heterocycles. The fourth-order valence-electron chi connectivity index (χ4n) is 3.54. The number of carbonyl (C=O) groups is 2. The Bertz CT molecular complexity index is 1240. The summed E-state index contributed by atoms with van der Waals surface area (Å²) in [4.78, 5) is 27.6.